The van der Waals surface area contributed by atoms with Crippen molar-refractivity contribution in [1.82, 2.24) is 15.5 Å². The SMILES string of the molecule is C[C@H](Sc1nnc(-c2ccc(F)cc2)o1)C(=O)NC1(C#N)CCCCC1. The summed E-state index contributed by atoms with van der Waals surface area (Å²) < 4.78 is 18.5. The molecule has 1 aromatic heterocycles. The number of nitrogens with one attached hydrogen (secondary N) is 1. The van der Waals surface area contributed by atoms with Gasteiger partial charge in [0.25, 0.3) is 5.22 Å². The molecule has 3 rings (SSSR count). The van der Waals surface area contributed by atoms with Crippen LogP contribution in [0.4, 0.5) is 4.39 Å². The van der Waals surface area contributed by atoms with Crippen LogP contribution in [0.25, 0.3) is 11.5 Å². The van der Waals surface area contributed by atoms with Crippen LogP contribution in [-0.4, -0.2) is 26.9 Å². The number of benzene rings is 1. The van der Waals surface area contributed by atoms with Gasteiger partial charge in [-0.1, -0.05) is 31.0 Å². The zero-order chi connectivity index (χ0) is 18.6. The molecule has 8 heteroatoms. The lowest BCUT2D eigenvalue weighted by atomic mass is 9.83. The van der Waals surface area contributed by atoms with Gasteiger partial charge >= 0.3 is 0 Å². The Morgan fingerprint density at radius 1 is 1.31 bits per heavy atom. The van der Waals surface area contributed by atoms with Gasteiger partial charge in [0, 0.05) is 5.56 Å². The zero-order valence-corrected chi connectivity index (χ0v) is 15.2. The Morgan fingerprint density at radius 3 is 2.65 bits per heavy atom. The van der Waals surface area contributed by atoms with Gasteiger partial charge in [-0.3, -0.25) is 4.79 Å². The van der Waals surface area contributed by atoms with Crippen LogP contribution < -0.4 is 5.32 Å². The number of rotatable bonds is 5. The molecule has 6 nitrogen and oxygen atoms in total. The summed E-state index contributed by atoms with van der Waals surface area (Å²) >= 11 is 1.13. The van der Waals surface area contributed by atoms with Gasteiger partial charge < -0.3 is 9.73 Å². The highest BCUT2D eigenvalue weighted by Crippen LogP contribution is 2.30. The van der Waals surface area contributed by atoms with E-state index in [1.807, 2.05) is 0 Å². The third-order valence-corrected chi connectivity index (χ3v) is 5.36. The monoisotopic (exact) mass is 374 g/mol. The number of halogens is 1. The van der Waals surface area contributed by atoms with Gasteiger partial charge in [-0.25, -0.2) is 4.39 Å². The predicted molar refractivity (Wildman–Crippen MR) is 94.6 cm³/mol. The molecule has 1 aromatic carbocycles. The van der Waals surface area contributed by atoms with Crippen molar-refractivity contribution in [2.45, 2.75) is 55.0 Å². The van der Waals surface area contributed by atoms with Crippen LogP contribution in [0.5, 0.6) is 0 Å². The Hall–Kier alpha value is -2.40. The Labute approximate surface area is 155 Å². The van der Waals surface area contributed by atoms with Gasteiger partial charge in [0.1, 0.15) is 11.4 Å². The minimum absolute atomic E-state index is 0.222. The predicted octanol–water partition coefficient (Wildman–Crippen LogP) is 3.70. The van der Waals surface area contributed by atoms with Crippen LogP contribution in [0, 0.1) is 17.1 Å². The molecule has 2 aromatic rings. The highest BCUT2D eigenvalue weighted by atomic mass is 32.2. The van der Waals surface area contributed by atoms with Crippen LogP contribution in [0.3, 0.4) is 0 Å². The third-order valence-electron chi connectivity index (χ3n) is 4.43. The highest BCUT2D eigenvalue weighted by molar-refractivity contribution is 8.00. The minimum atomic E-state index is -0.766. The molecule has 1 atom stereocenters. The van der Waals surface area contributed by atoms with E-state index < -0.39 is 10.8 Å². The molecule has 1 aliphatic carbocycles. The number of thioether (sulfide) groups is 1. The first kappa shape index (κ1) is 18.4. The van der Waals surface area contributed by atoms with Gasteiger partial charge in [0.15, 0.2) is 0 Å². The molecule has 1 amide bonds. The summed E-state index contributed by atoms with van der Waals surface area (Å²) in [5.74, 6) is -0.303. The summed E-state index contributed by atoms with van der Waals surface area (Å²) in [4.78, 5) is 12.5. The number of aromatic nitrogens is 2. The fourth-order valence-electron chi connectivity index (χ4n) is 2.93. The molecule has 1 heterocycles. The summed E-state index contributed by atoms with van der Waals surface area (Å²) in [6.45, 7) is 1.73. The van der Waals surface area contributed by atoms with Crippen LogP contribution in [-0.2, 0) is 4.79 Å². The first-order valence-electron chi connectivity index (χ1n) is 8.51. The standard InChI is InChI=1S/C18H19FN4O2S/c1-12(15(24)21-18(11-20)9-3-2-4-10-18)26-17-23-22-16(25-17)13-5-7-14(19)8-6-13/h5-8,12H,2-4,9-10H2,1H3,(H,21,24)/t12-/m0/s1. The van der Waals surface area contributed by atoms with E-state index in [9.17, 15) is 14.4 Å². The van der Waals surface area contributed by atoms with Crippen molar-refractivity contribution in [1.29, 1.82) is 5.26 Å². The van der Waals surface area contributed by atoms with E-state index in [2.05, 4.69) is 21.6 Å². The molecule has 0 radical (unpaired) electrons. The number of nitrogens with zero attached hydrogens (tertiary/aromatic N) is 3. The Bertz CT molecular complexity index is 809. The lowest BCUT2D eigenvalue weighted by Crippen LogP contribution is -2.50. The lowest BCUT2D eigenvalue weighted by molar-refractivity contribution is -0.122. The summed E-state index contributed by atoms with van der Waals surface area (Å²) in [5.41, 5.74) is -0.161. The topological polar surface area (TPSA) is 91.8 Å². The molecular weight excluding hydrogens is 355 g/mol. The molecule has 26 heavy (non-hydrogen) atoms. The van der Waals surface area contributed by atoms with Crippen LogP contribution in [0.2, 0.25) is 0 Å². The van der Waals surface area contributed by atoms with Crippen LogP contribution in [0.1, 0.15) is 39.0 Å². The first-order valence-corrected chi connectivity index (χ1v) is 9.39. The lowest BCUT2D eigenvalue weighted by Gasteiger charge is -2.32. The number of amides is 1. The van der Waals surface area contributed by atoms with E-state index in [1.54, 1.807) is 19.1 Å². The largest absolute Gasteiger partial charge is 0.411 e. The number of hydrogen-bond donors (Lipinski definition) is 1. The smallest absolute Gasteiger partial charge is 0.277 e. The number of hydrogen-bond acceptors (Lipinski definition) is 6. The molecule has 0 bridgehead atoms. The maximum absolute atomic E-state index is 13.0. The van der Waals surface area contributed by atoms with E-state index >= 15 is 0 Å². The van der Waals surface area contributed by atoms with Gasteiger partial charge in [-0.2, -0.15) is 5.26 Å². The molecule has 0 unspecified atom stereocenters. The van der Waals surface area contributed by atoms with Crippen molar-refractivity contribution in [3.8, 4) is 17.5 Å². The van der Waals surface area contributed by atoms with Crippen molar-refractivity contribution < 1.29 is 13.6 Å². The van der Waals surface area contributed by atoms with E-state index in [-0.39, 0.29) is 22.8 Å². The van der Waals surface area contributed by atoms with Crippen molar-refractivity contribution >= 4 is 17.7 Å². The van der Waals surface area contributed by atoms with Crippen molar-refractivity contribution in [2.24, 2.45) is 0 Å². The normalized spacial score (nSPS) is 17.3. The second kappa shape index (κ2) is 7.87. The summed E-state index contributed by atoms with van der Waals surface area (Å²) in [5, 5.41) is 20.0. The quantitative estimate of drug-likeness (QED) is 0.803. The molecule has 0 aliphatic heterocycles. The van der Waals surface area contributed by atoms with E-state index in [4.69, 9.17) is 4.42 Å². The third kappa shape index (κ3) is 4.22. The molecule has 1 N–H and O–H groups in total. The molecular formula is C18H19FN4O2S. The van der Waals surface area contributed by atoms with Crippen LogP contribution in [0.15, 0.2) is 33.9 Å². The number of carbonyl (C=O) groups is 1. The maximum atomic E-state index is 13.0. The maximum Gasteiger partial charge on any atom is 0.277 e. The van der Waals surface area contributed by atoms with Gasteiger partial charge in [0.2, 0.25) is 11.8 Å². The fourth-order valence-corrected chi connectivity index (χ4v) is 3.61. The summed E-state index contributed by atoms with van der Waals surface area (Å²) in [6.07, 6.45) is 4.35. The van der Waals surface area contributed by atoms with Crippen molar-refractivity contribution in [3.05, 3.63) is 30.1 Å². The summed E-state index contributed by atoms with van der Waals surface area (Å²) in [7, 11) is 0. The number of carbonyl (C=O) groups excluding carboxylic acids is 1. The molecule has 136 valence electrons. The van der Waals surface area contributed by atoms with Gasteiger partial charge in [-0.15, -0.1) is 10.2 Å². The second-order valence-electron chi connectivity index (χ2n) is 6.38. The Morgan fingerprint density at radius 2 is 2.00 bits per heavy atom. The Balaban J connectivity index is 1.62. The van der Waals surface area contributed by atoms with E-state index in [1.165, 1.54) is 12.1 Å². The van der Waals surface area contributed by atoms with Gasteiger partial charge in [0.05, 0.1) is 11.3 Å². The van der Waals surface area contributed by atoms with Gasteiger partial charge in [-0.05, 0) is 44.0 Å². The molecule has 1 fully saturated rings. The number of nitriles is 1. The Kier molecular flexibility index (Phi) is 5.57. The van der Waals surface area contributed by atoms with Crippen LogP contribution >= 0.6 is 11.8 Å². The molecule has 1 aliphatic rings. The average molecular weight is 374 g/mol. The van der Waals surface area contributed by atoms with Crippen molar-refractivity contribution in [2.75, 3.05) is 0 Å². The van der Waals surface area contributed by atoms with E-state index in [0.717, 1.165) is 31.0 Å². The molecule has 0 spiro atoms. The first-order chi connectivity index (χ1) is 12.5. The minimum Gasteiger partial charge on any atom is -0.411 e. The highest BCUT2D eigenvalue weighted by Gasteiger charge is 2.35. The van der Waals surface area contributed by atoms with Crippen molar-refractivity contribution in [3.63, 3.8) is 0 Å². The fraction of sp³-hybridized carbons (Fsp3) is 0.444. The zero-order valence-electron chi connectivity index (χ0n) is 14.4. The molecule has 1 saturated carbocycles. The van der Waals surface area contributed by atoms with E-state index in [0.29, 0.717) is 18.4 Å². The average Bonchev–Trinajstić information content (AvgIpc) is 3.11. The molecule has 0 saturated heterocycles. The second-order valence-corrected chi connectivity index (χ2v) is 7.68. The summed E-state index contributed by atoms with van der Waals surface area (Å²) in [6, 6.07) is 8.00.